The highest BCUT2D eigenvalue weighted by molar-refractivity contribution is 6.06. The van der Waals surface area contributed by atoms with Gasteiger partial charge in [-0.15, -0.1) is 0 Å². The quantitative estimate of drug-likeness (QED) is 0.585. The molecule has 2 amide bonds. The van der Waals surface area contributed by atoms with Crippen LogP contribution in [0.25, 0.3) is 11.3 Å². The molecule has 2 aromatic rings. The number of carbonyl (C=O) groups excluding carboxylic acids is 2. The number of aliphatic imine (C=N–C) groups is 1. The van der Waals surface area contributed by atoms with E-state index in [1.165, 1.54) is 31.2 Å². The number of rotatable bonds is 3. The number of furan rings is 1. The molecule has 0 fully saturated rings. The van der Waals surface area contributed by atoms with Gasteiger partial charge in [0.25, 0.3) is 0 Å². The number of benzene rings is 1. The second-order valence-electron chi connectivity index (χ2n) is 4.36. The average molecular weight is 304 g/mol. The predicted octanol–water partition coefficient (Wildman–Crippen LogP) is 1.46. The van der Waals surface area contributed by atoms with Gasteiger partial charge < -0.3 is 21.2 Å². The van der Waals surface area contributed by atoms with Crippen molar-refractivity contribution in [1.29, 1.82) is 0 Å². The van der Waals surface area contributed by atoms with Crippen molar-refractivity contribution in [2.24, 2.45) is 16.5 Å². The van der Waals surface area contributed by atoms with Crippen molar-refractivity contribution in [3.63, 3.8) is 0 Å². The number of carbonyl (C=O) groups is 2. The third-order valence-corrected chi connectivity index (χ3v) is 2.61. The zero-order valence-corrected chi connectivity index (χ0v) is 11.6. The van der Waals surface area contributed by atoms with Crippen LogP contribution < -0.4 is 16.8 Å². The topological polar surface area (TPSA) is 124 Å². The van der Waals surface area contributed by atoms with Crippen LogP contribution in [0.4, 0.5) is 10.1 Å². The Kier molecular flexibility index (Phi) is 4.21. The molecule has 1 heterocycles. The van der Waals surface area contributed by atoms with Gasteiger partial charge in [-0.25, -0.2) is 4.39 Å². The van der Waals surface area contributed by atoms with E-state index in [9.17, 15) is 14.0 Å². The summed E-state index contributed by atoms with van der Waals surface area (Å²) in [5.41, 5.74) is 10.5. The molecule has 2 rings (SSSR count). The molecule has 0 bridgehead atoms. The Labute approximate surface area is 124 Å². The fraction of sp³-hybridized carbons (Fsp3) is 0.0714. The summed E-state index contributed by atoms with van der Waals surface area (Å²) in [6, 6.07) is 7.17. The molecule has 0 radical (unpaired) electrons. The van der Waals surface area contributed by atoms with E-state index < -0.39 is 23.6 Å². The van der Waals surface area contributed by atoms with Crippen molar-refractivity contribution in [3.8, 4) is 11.3 Å². The standard InChI is InChI=1S/C14H13FN4O3/c1-7(20)18-10-6-11(8-4-2-3-5-9(8)15)22-12(10)13(21)19-14(16)17/h2-6H,1H3,(H,18,20)(H4,16,17,19,21). The minimum atomic E-state index is -0.883. The number of guanidine groups is 1. The minimum Gasteiger partial charge on any atom is -0.448 e. The molecule has 0 spiro atoms. The van der Waals surface area contributed by atoms with Crippen LogP contribution in [0.1, 0.15) is 17.5 Å². The molecule has 0 saturated heterocycles. The third-order valence-electron chi connectivity index (χ3n) is 2.61. The molecule has 8 heteroatoms. The zero-order chi connectivity index (χ0) is 16.3. The van der Waals surface area contributed by atoms with Gasteiger partial charge in [-0.1, -0.05) is 12.1 Å². The number of nitrogens with zero attached hydrogens (tertiary/aromatic N) is 1. The van der Waals surface area contributed by atoms with Crippen LogP contribution in [0.2, 0.25) is 0 Å². The summed E-state index contributed by atoms with van der Waals surface area (Å²) in [5, 5.41) is 2.41. The Morgan fingerprint density at radius 1 is 1.27 bits per heavy atom. The number of hydrogen-bond donors (Lipinski definition) is 3. The summed E-state index contributed by atoms with van der Waals surface area (Å²) in [6.45, 7) is 1.25. The first-order valence-corrected chi connectivity index (χ1v) is 6.18. The van der Waals surface area contributed by atoms with E-state index in [0.717, 1.165) is 0 Å². The number of hydrogen-bond acceptors (Lipinski definition) is 3. The lowest BCUT2D eigenvalue weighted by atomic mass is 10.1. The molecule has 0 aliphatic heterocycles. The molecule has 5 N–H and O–H groups in total. The maximum absolute atomic E-state index is 13.8. The van der Waals surface area contributed by atoms with E-state index in [4.69, 9.17) is 15.9 Å². The molecule has 22 heavy (non-hydrogen) atoms. The van der Waals surface area contributed by atoms with Crippen LogP contribution in [-0.2, 0) is 4.79 Å². The first kappa shape index (κ1) is 15.2. The van der Waals surface area contributed by atoms with Crippen molar-refractivity contribution in [2.75, 3.05) is 5.32 Å². The van der Waals surface area contributed by atoms with E-state index >= 15 is 0 Å². The van der Waals surface area contributed by atoms with Crippen molar-refractivity contribution < 1.29 is 18.4 Å². The lowest BCUT2D eigenvalue weighted by molar-refractivity contribution is -0.114. The minimum absolute atomic E-state index is 0.0563. The second kappa shape index (κ2) is 6.08. The highest BCUT2D eigenvalue weighted by Crippen LogP contribution is 2.31. The number of anilines is 1. The molecule has 114 valence electrons. The monoisotopic (exact) mass is 304 g/mol. The Bertz CT molecular complexity index is 763. The zero-order valence-electron chi connectivity index (χ0n) is 11.6. The van der Waals surface area contributed by atoms with Crippen LogP contribution in [0.3, 0.4) is 0 Å². The molecular formula is C14H13FN4O3. The lowest BCUT2D eigenvalue weighted by Crippen LogP contribution is -2.24. The highest BCUT2D eigenvalue weighted by atomic mass is 19.1. The molecule has 0 unspecified atom stereocenters. The molecule has 0 atom stereocenters. The molecule has 0 aliphatic rings. The summed E-state index contributed by atoms with van der Waals surface area (Å²) in [6.07, 6.45) is 0. The summed E-state index contributed by atoms with van der Waals surface area (Å²) in [4.78, 5) is 26.4. The van der Waals surface area contributed by atoms with Gasteiger partial charge in [0.05, 0.1) is 11.3 Å². The largest absolute Gasteiger partial charge is 0.448 e. The van der Waals surface area contributed by atoms with E-state index in [1.807, 2.05) is 0 Å². The number of nitrogens with two attached hydrogens (primary N) is 2. The molecule has 1 aromatic heterocycles. The van der Waals surface area contributed by atoms with Crippen LogP contribution in [0, 0.1) is 5.82 Å². The van der Waals surface area contributed by atoms with Gasteiger partial charge in [0.15, 0.2) is 5.96 Å². The number of amides is 2. The van der Waals surface area contributed by atoms with Crippen molar-refractivity contribution in [3.05, 3.63) is 41.9 Å². The first-order valence-electron chi connectivity index (χ1n) is 6.18. The Balaban J connectivity index is 2.53. The fourth-order valence-electron chi connectivity index (χ4n) is 1.79. The Hall–Kier alpha value is -3.16. The highest BCUT2D eigenvalue weighted by Gasteiger charge is 2.21. The first-order chi connectivity index (χ1) is 10.4. The van der Waals surface area contributed by atoms with Crippen molar-refractivity contribution in [1.82, 2.24) is 0 Å². The fourth-order valence-corrected chi connectivity index (χ4v) is 1.79. The van der Waals surface area contributed by atoms with Gasteiger partial charge in [-0.2, -0.15) is 4.99 Å². The summed E-state index contributed by atoms with van der Waals surface area (Å²) in [7, 11) is 0. The number of halogens is 1. The van der Waals surface area contributed by atoms with Gasteiger partial charge in [0.1, 0.15) is 11.6 Å². The van der Waals surface area contributed by atoms with Gasteiger partial charge in [0.2, 0.25) is 11.7 Å². The van der Waals surface area contributed by atoms with E-state index in [-0.39, 0.29) is 22.8 Å². The van der Waals surface area contributed by atoms with Gasteiger partial charge >= 0.3 is 5.91 Å². The molecule has 1 aromatic carbocycles. The summed E-state index contributed by atoms with van der Waals surface area (Å²) < 4.78 is 19.1. The van der Waals surface area contributed by atoms with E-state index in [2.05, 4.69) is 10.3 Å². The smallest absolute Gasteiger partial charge is 0.318 e. The second-order valence-corrected chi connectivity index (χ2v) is 4.36. The Morgan fingerprint density at radius 2 is 1.95 bits per heavy atom. The van der Waals surface area contributed by atoms with Gasteiger partial charge in [-0.3, -0.25) is 9.59 Å². The SMILES string of the molecule is CC(=O)Nc1cc(-c2ccccc2F)oc1C(=O)N=C(N)N. The van der Waals surface area contributed by atoms with Crippen molar-refractivity contribution in [2.45, 2.75) is 6.92 Å². The molecule has 0 aliphatic carbocycles. The molecule has 7 nitrogen and oxygen atoms in total. The molecular weight excluding hydrogens is 291 g/mol. The van der Waals surface area contributed by atoms with Crippen LogP contribution in [0.5, 0.6) is 0 Å². The van der Waals surface area contributed by atoms with Crippen LogP contribution >= 0.6 is 0 Å². The average Bonchev–Trinajstić information content (AvgIpc) is 2.81. The third kappa shape index (κ3) is 3.29. The maximum atomic E-state index is 13.8. The van der Waals surface area contributed by atoms with Gasteiger partial charge in [-0.05, 0) is 12.1 Å². The normalized spacial score (nSPS) is 10.1. The van der Waals surface area contributed by atoms with E-state index in [1.54, 1.807) is 6.07 Å². The summed E-state index contributed by atoms with van der Waals surface area (Å²) >= 11 is 0. The lowest BCUT2D eigenvalue weighted by Gasteiger charge is -1.99. The predicted molar refractivity (Wildman–Crippen MR) is 78.5 cm³/mol. The maximum Gasteiger partial charge on any atom is 0.318 e. The number of nitrogens with one attached hydrogen (secondary N) is 1. The van der Waals surface area contributed by atoms with Crippen molar-refractivity contribution >= 4 is 23.5 Å². The van der Waals surface area contributed by atoms with Crippen LogP contribution in [-0.4, -0.2) is 17.8 Å². The van der Waals surface area contributed by atoms with Gasteiger partial charge in [0, 0.05) is 13.0 Å². The van der Waals surface area contributed by atoms with Crippen LogP contribution in [0.15, 0.2) is 39.7 Å². The molecule has 0 saturated carbocycles. The summed E-state index contributed by atoms with van der Waals surface area (Å²) in [5.74, 6) is -2.53. The van der Waals surface area contributed by atoms with E-state index in [0.29, 0.717) is 0 Å². The Morgan fingerprint density at radius 3 is 2.55 bits per heavy atom.